The minimum absolute atomic E-state index is 0.184. The maximum Gasteiger partial charge on any atom is 0.380 e. The van der Waals surface area contributed by atoms with Crippen LogP contribution in [0.4, 0.5) is 0 Å². The van der Waals surface area contributed by atoms with Crippen LogP contribution in [0.1, 0.15) is 53.8 Å². The van der Waals surface area contributed by atoms with Crippen molar-refractivity contribution in [2.45, 2.75) is 27.7 Å². The molecule has 3 rings (SSSR count). The zero-order valence-corrected chi connectivity index (χ0v) is 19.4. The van der Waals surface area contributed by atoms with Gasteiger partial charge in [-0.2, -0.15) is 5.10 Å². The highest BCUT2D eigenvalue weighted by Crippen LogP contribution is 2.22. The summed E-state index contributed by atoms with van der Waals surface area (Å²) in [7, 11) is 2.99. The number of rotatable bonds is 7. The average Bonchev–Trinajstić information content (AvgIpc) is 3.23. The summed E-state index contributed by atoms with van der Waals surface area (Å²) in [4.78, 5) is 49.2. The third-order valence-corrected chi connectivity index (χ3v) is 5.53. The number of ether oxygens (including phenoxy) is 2. The van der Waals surface area contributed by atoms with Crippen LogP contribution in [0.2, 0.25) is 0 Å². The van der Waals surface area contributed by atoms with Gasteiger partial charge in [-0.3, -0.25) is 14.3 Å². The van der Waals surface area contributed by atoms with Gasteiger partial charge in [-0.1, -0.05) is 0 Å². The van der Waals surface area contributed by atoms with E-state index < -0.39 is 30.1 Å². The van der Waals surface area contributed by atoms with E-state index in [0.717, 1.165) is 11.4 Å². The van der Waals surface area contributed by atoms with Crippen molar-refractivity contribution in [1.82, 2.24) is 14.3 Å². The SMILES string of the molecule is COC(=O)c1ccc(-n2c(C)cc(C(=O)COC(=O)C(=O)c3c(C)nn(C)c3C)c2C)cc1. The van der Waals surface area contributed by atoms with Gasteiger partial charge in [0.25, 0.3) is 5.78 Å². The van der Waals surface area contributed by atoms with E-state index in [-0.39, 0.29) is 5.56 Å². The Labute approximate surface area is 190 Å². The fraction of sp³-hybridized carbons (Fsp3) is 0.292. The lowest BCUT2D eigenvalue weighted by Gasteiger charge is -2.10. The van der Waals surface area contributed by atoms with Gasteiger partial charge in [0.2, 0.25) is 5.78 Å². The summed E-state index contributed by atoms with van der Waals surface area (Å²) in [6, 6.07) is 8.46. The molecule has 9 nitrogen and oxygen atoms in total. The van der Waals surface area contributed by atoms with Gasteiger partial charge in [-0.05, 0) is 58.0 Å². The molecule has 2 heterocycles. The van der Waals surface area contributed by atoms with Gasteiger partial charge in [0.1, 0.15) is 0 Å². The molecule has 1 aromatic carbocycles. The minimum atomic E-state index is -1.10. The normalized spacial score (nSPS) is 10.7. The van der Waals surface area contributed by atoms with E-state index in [1.165, 1.54) is 11.8 Å². The molecule has 0 aliphatic rings. The summed E-state index contributed by atoms with van der Waals surface area (Å²) < 4.78 is 13.1. The number of benzene rings is 1. The number of esters is 2. The second kappa shape index (κ2) is 9.23. The zero-order chi connectivity index (χ0) is 24.4. The number of hydrogen-bond acceptors (Lipinski definition) is 7. The number of aromatic nitrogens is 3. The van der Waals surface area contributed by atoms with Crippen LogP contribution in [0.3, 0.4) is 0 Å². The van der Waals surface area contributed by atoms with Gasteiger partial charge in [-0.15, -0.1) is 0 Å². The van der Waals surface area contributed by atoms with Crippen molar-refractivity contribution in [1.29, 1.82) is 0 Å². The van der Waals surface area contributed by atoms with Gasteiger partial charge >= 0.3 is 11.9 Å². The number of hydrogen-bond donors (Lipinski definition) is 0. The molecule has 0 atom stereocenters. The molecule has 0 saturated heterocycles. The molecular weight excluding hydrogens is 426 g/mol. The van der Waals surface area contributed by atoms with Crippen molar-refractivity contribution in [2.75, 3.05) is 13.7 Å². The predicted molar refractivity (Wildman–Crippen MR) is 119 cm³/mol. The van der Waals surface area contributed by atoms with Gasteiger partial charge in [0.15, 0.2) is 6.61 Å². The third-order valence-electron chi connectivity index (χ3n) is 5.53. The second-order valence-corrected chi connectivity index (χ2v) is 7.66. The molecule has 0 amide bonds. The molecule has 0 radical (unpaired) electrons. The number of carbonyl (C=O) groups is 4. The fourth-order valence-corrected chi connectivity index (χ4v) is 3.79. The highest BCUT2D eigenvalue weighted by atomic mass is 16.5. The molecule has 3 aromatic rings. The van der Waals surface area contributed by atoms with Crippen LogP contribution in [-0.4, -0.2) is 51.6 Å². The van der Waals surface area contributed by atoms with Crippen LogP contribution in [-0.2, 0) is 21.3 Å². The van der Waals surface area contributed by atoms with Crippen LogP contribution < -0.4 is 0 Å². The Morgan fingerprint density at radius 2 is 1.61 bits per heavy atom. The van der Waals surface area contributed by atoms with E-state index in [4.69, 9.17) is 9.47 Å². The Kier molecular flexibility index (Phi) is 6.62. The van der Waals surface area contributed by atoms with Gasteiger partial charge < -0.3 is 14.0 Å². The Morgan fingerprint density at radius 1 is 0.970 bits per heavy atom. The Hall–Kier alpha value is -4.01. The van der Waals surface area contributed by atoms with Crippen molar-refractivity contribution in [3.8, 4) is 5.69 Å². The molecule has 9 heteroatoms. The lowest BCUT2D eigenvalue weighted by atomic mass is 10.1. The first-order chi connectivity index (χ1) is 15.6. The monoisotopic (exact) mass is 451 g/mol. The van der Waals surface area contributed by atoms with Crippen molar-refractivity contribution < 1.29 is 28.7 Å². The van der Waals surface area contributed by atoms with Gasteiger partial charge in [0.05, 0.1) is 23.9 Å². The van der Waals surface area contributed by atoms with Crippen molar-refractivity contribution >= 4 is 23.5 Å². The summed E-state index contributed by atoms with van der Waals surface area (Å²) in [5.41, 5.74) is 4.12. The molecule has 0 unspecified atom stereocenters. The topological polar surface area (TPSA) is 109 Å². The molecular formula is C24H25N3O6. The van der Waals surface area contributed by atoms with Crippen LogP contribution in [0.5, 0.6) is 0 Å². The van der Waals surface area contributed by atoms with Crippen molar-refractivity contribution in [3.05, 3.63) is 69.8 Å². The van der Waals surface area contributed by atoms with E-state index in [2.05, 4.69) is 5.10 Å². The number of carbonyl (C=O) groups excluding carboxylic acids is 4. The van der Waals surface area contributed by atoms with Crippen LogP contribution in [0, 0.1) is 27.7 Å². The lowest BCUT2D eigenvalue weighted by Crippen LogP contribution is -2.22. The van der Waals surface area contributed by atoms with Crippen LogP contribution in [0.15, 0.2) is 30.3 Å². The van der Waals surface area contributed by atoms with Crippen LogP contribution >= 0.6 is 0 Å². The molecule has 0 aliphatic carbocycles. The molecule has 0 bridgehead atoms. The molecule has 0 saturated carbocycles. The standard InChI is InChI=1S/C24H25N3O6/c1-13-11-19(15(3)27(13)18-9-7-17(8-10-18)23(30)32-6)20(28)12-33-24(31)22(29)21-14(2)25-26(5)16(21)4/h7-11H,12H2,1-6H3. The summed E-state index contributed by atoms with van der Waals surface area (Å²) in [5.74, 6) is -2.80. The largest absolute Gasteiger partial charge is 0.465 e. The summed E-state index contributed by atoms with van der Waals surface area (Å²) in [6.07, 6.45) is 0. The van der Waals surface area contributed by atoms with Crippen LogP contribution in [0.25, 0.3) is 5.69 Å². The quantitative estimate of drug-likeness (QED) is 0.309. The van der Waals surface area contributed by atoms with Gasteiger partial charge in [-0.25, -0.2) is 9.59 Å². The Balaban J connectivity index is 1.75. The molecule has 2 aromatic heterocycles. The summed E-state index contributed by atoms with van der Waals surface area (Å²) >= 11 is 0. The molecule has 0 spiro atoms. The molecule has 0 N–H and O–H groups in total. The average molecular weight is 451 g/mol. The minimum Gasteiger partial charge on any atom is -0.465 e. The predicted octanol–water partition coefficient (Wildman–Crippen LogP) is 2.84. The van der Waals surface area contributed by atoms with Crippen molar-refractivity contribution in [3.63, 3.8) is 0 Å². The first-order valence-electron chi connectivity index (χ1n) is 10.2. The van der Waals surface area contributed by atoms with E-state index in [1.54, 1.807) is 58.2 Å². The highest BCUT2D eigenvalue weighted by Gasteiger charge is 2.26. The maximum atomic E-state index is 12.8. The number of Topliss-reactive ketones (excluding diaryl/α,β-unsaturated/α-hetero) is 2. The molecule has 0 aliphatic heterocycles. The first-order valence-corrected chi connectivity index (χ1v) is 10.2. The fourth-order valence-electron chi connectivity index (χ4n) is 3.79. The summed E-state index contributed by atoms with van der Waals surface area (Å²) in [6.45, 7) is 6.35. The summed E-state index contributed by atoms with van der Waals surface area (Å²) in [5, 5.41) is 4.12. The Bertz CT molecular complexity index is 1260. The first kappa shape index (κ1) is 23.6. The molecule has 172 valence electrons. The maximum absolute atomic E-state index is 12.8. The molecule has 33 heavy (non-hydrogen) atoms. The number of aryl methyl sites for hydroxylation is 3. The van der Waals surface area contributed by atoms with Crippen molar-refractivity contribution in [2.24, 2.45) is 7.05 Å². The highest BCUT2D eigenvalue weighted by molar-refractivity contribution is 6.41. The smallest absolute Gasteiger partial charge is 0.380 e. The molecule has 0 fully saturated rings. The van der Waals surface area contributed by atoms with E-state index in [1.807, 2.05) is 11.5 Å². The lowest BCUT2D eigenvalue weighted by molar-refractivity contribution is -0.137. The Morgan fingerprint density at radius 3 is 2.15 bits per heavy atom. The number of nitrogens with zero attached hydrogens (tertiary/aromatic N) is 3. The second-order valence-electron chi connectivity index (χ2n) is 7.66. The van der Waals surface area contributed by atoms with E-state index >= 15 is 0 Å². The van der Waals surface area contributed by atoms with E-state index in [0.29, 0.717) is 28.2 Å². The number of ketones is 2. The zero-order valence-electron chi connectivity index (χ0n) is 19.4. The van der Waals surface area contributed by atoms with E-state index in [9.17, 15) is 19.2 Å². The van der Waals surface area contributed by atoms with Gasteiger partial charge in [0, 0.05) is 35.4 Å². The third kappa shape index (κ3) is 4.48. The number of methoxy groups -OCH3 is 1.